The summed E-state index contributed by atoms with van der Waals surface area (Å²) < 4.78 is 2.31. The Morgan fingerprint density at radius 1 is 1.00 bits per heavy atom. The number of aryl methyl sites for hydroxylation is 2. The first kappa shape index (κ1) is 12.3. The Hall–Kier alpha value is -1.73. The molecule has 3 rings (SSSR count). The lowest BCUT2D eigenvalue weighted by atomic mass is 10.1. The maximum absolute atomic E-state index is 6.34. The van der Waals surface area contributed by atoms with Crippen LogP contribution in [0.15, 0.2) is 48.5 Å². The summed E-state index contributed by atoms with van der Waals surface area (Å²) in [7, 11) is 0. The van der Waals surface area contributed by atoms with E-state index in [1.165, 1.54) is 22.2 Å². The Morgan fingerprint density at radius 2 is 1.79 bits per heavy atom. The SMILES string of the molecule is Cc1ccc(Cn2c(C)cc3ccccc32)c(Cl)c1. The van der Waals surface area contributed by atoms with Gasteiger partial charge in [0.1, 0.15) is 0 Å². The highest BCUT2D eigenvalue weighted by Gasteiger charge is 2.07. The number of nitrogens with zero attached hydrogens (tertiary/aromatic N) is 1. The summed E-state index contributed by atoms with van der Waals surface area (Å²) in [5.74, 6) is 0. The monoisotopic (exact) mass is 269 g/mol. The molecule has 0 N–H and O–H groups in total. The lowest BCUT2D eigenvalue weighted by Gasteiger charge is -2.10. The van der Waals surface area contributed by atoms with Crippen LogP contribution in [0.4, 0.5) is 0 Å². The van der Waals surface area contributed by atoms with Gasteiger partial charge in [-0.25, -0.2) is 0 Å². The van der Waals surface area contributed by atoms with Crippen LogP contribution in [0.2, 0.25) is 5.02 Å². The van der Waals surface area contributed by atoms with E-state index in [2.05, 4.69) is 60.9 Å². The molecule has 0 fully saturated rings. The fraction of sp³-hybridized carbons (Fsp3) is 0.176. The number of hydrogen-bond donors (Lipinski definition) is 0. The molecule has 0 radical (unpaired) electrons. The van der Waals surface area contributed by atoms with Crippen LogP contribution in [-0.2, 0) is 6.54 Å². The third-order valence-corrected chi connectivity index (χ3v) is 3.91. The number of halogens is 1. The van der Waals surface area contributed by atoms with E-state index in [1.807, 2.05) is 6.07 Å². The van der Waals surface area contributed by atoms with Crippen LogP contribution in [-0.4, -0.2) is 4.57 Å². The minimum Gasteiger partial charge on any atom is -0.340 e. The van der Waals surface area contributed by atoms with E-state index in [-0.39, 0.29) is 0 Å². The summed E-state index contributed by atoms with van der Waals surface area (Å²) in [6, 6.07) is 16.9. The van der Waals surface area contributed by atoms with Crippen molar-refractivity contribution in [2.75, 3.05) is 0 Å². The second-order valence-corrected chi connectivity index (χ2v) is 5.43. The van der Waals surface area contributed by atoms with Crippen LogP contribution in [0.25, 0.3) is 10.9 Å². The van der Waals surface area contributed by atoms with Gasteiger partial charge in [-0.05, 0) is 48.6 Å². The van der Waals surface area contributed by atoms with Gasteiger partial charge in [-0.15, -0.1) is 0 Å². The molecule has 0 saturated carbocycles. The molecule has 0 saturated heterocycles. The molecule has 0 atom stereocenters. The fourth-order valence-corrected chi connectivity index (χ4v) is 2.80. The molecule has 0 amide bonds. The van der Waals surface area contributed by atoms with Crippen molar-refractivity contribution >= 4 is 22.5 Å². The molecule has 0 aliphatic carbocycles. The third kappa shape index (κ3) is 2.26. The molecule has 0 unspecified atom stereocenters. The summed E-state index contributed by atoms with van der Waals surface area (Å²) >= 11 is 6.34. The van der Waals surface area contributed by atoms with E-state index in [0.717, 1.165) is 17.1 Å². The molecular formula is C17H16ClN. The molecular weight excluding hydrogens is 254 g/mol. The van der Waals surface area contributed by atoms with E-state index in [9.17, 15) is 0 Å². The van der Waals surface area contributed by atoms with Crippen LogP contribution < -0.4 is 0 Å². The van der Waals surface area contributed by atoms with Gasteiger partial charge in [0, 0.05) is 22.8 Å². The number of rotatable bonds is 2. The molecule has 0 aliphatic heterocycles. The zero-order valence-corrected chi connectivity index (χ0v) is 11.9. The normalized spacial score (nSPS) is 11.1. The number of aromatic nitrogens is 1. The maximum atomic E-state index is 6.34. The number of hydrogen-bond acceptors (Lipinski definition) is 0. The minimum absolute atomic E-state index is 0.818. The van der Waals surface area contributed by atoms with Gasteiger partial charge in [-0.3, -0.25) is 0 Å². The molecule has 0 spiro atoms. The first-order valence-corrected chi connectivity index (χ1v) is 6.83. The molecule has 19 heavy (non-hydrogen) atoms. The molecule has 3 aromatic rings. The largest absolute Gasteiger partial charge is 0.340 e. The highest BCUT2D eigenvalue weighted by atomic mass is 35.5. The molecule has 2 aromatic carbocycles. The Bertz CT molecular complexity index is 740. The van der Waals surface area contributed by atoms with E-state index < -0.39 is 0 Å². The van der Waals surface area contributed by atoms with E-state index >= 15 is 0 Å². The first-order valence-electron chi connectivity index (χ1n) is 6.45. The third-order valence-electron chi connectivity index (χ3n) is 3.55. The van der Waals surface area contributed by atoms with E-state index in [4.69, 9.17) is 11.6 Å². The lowest BCUT2D eigenvalue weighted by Crippen LogP contribution is -2.02. The summed E-state index contributed by atoms with van der Waals surface area (Å²) in [5.41, 5.74) is 4.88. The second-order valence-electron chi connectivity index (χ2n) is 5.03. The summed E-state index contributed by atoms with van der Waals surface area (Å²) in [6.45, 7) is 5.02. The Labute approximate surface area is 118 Å². The lowest BCUT2D eigenvalue weighted by molar-refractivity contribution is 0.805. The average molecular weight is 270 g/mol. The van der Waals surface area contributed by atoms with Crippen molar-refractivity contribution in [3.05, 3.63) is 70.4 Å². The van der Waals surface area contributed by atoms with Crippen LogP contribution in [0.5, 0.6) is 0 Å². The summed E-state index contributed by atoms with van der Waals surface area (Å²) in [6.07, 6.45) is 0. The number of benzene rings is 2. The topological polar surface area (TPSA) is 4.93 Å². The highest BCUT2D eigenvalue weighted by molar-refractivity contribution is 6.31. The molecule has 1 aromatic heterocycles. The van der Waals surface area contributed by atoms with Gasteiger partial charge in [0.05, 0.1) is 0 Å². The first-order chi connectivity index (χ1) is 9.15. The predicted molar refractivity (Wildman–Crippen MR) is 82.0 cm³/mol. The van der Waals surface area contributed by atoms with E-state index in [1.54, 1.807) is 0 Å². The molecule has 0 bridgehead atoms. The Balaban J connectivity index is 2.08. The molecule has 2 heteroatoms. The predicted octanol–water partition coefficient (Wildman–Crippen LogP) is 4.96. The van der Waals surface area contributed by atoms with Gasteiger partial charge in [0.15, 0.2) is 0 Å². The highest BCUT2D eigenvalue weighted by Crippen LogP contribution is 2.24. The summed E-state index contributed by atoms with van der Waals surface area (Å²) in [4.78, 5) is 0. The quantitative estimate of drug-likeness (QED) is 0.620. The average Bonchev–Trinajstić information content (AvgIpc) is 2.69. The number of fused-ring (bicyclic) bond motifs is 1. The van der Waals surface area contributed by atoms with Crippen LogP contribution in [0.1, 0.15) is 16.8 Å². The summed E-state index contributed by atoms with van der Waals surface area (Å²) in [5, 5.41) is 2.13. The van der Waals surface area contributed by atoms with Gasteiger partial charge in [0.25, 0.3) is 0 Å². The van der Waals surface area contributed by atoms with E-state index in [0.29, 0.717) is 0 Å². The smallest absolute Gasteiger partial charge is 0.0493 e. The second kappa shape index (κ2) is 4.75. The van der Waals surface area contributed by atoms with Crippen LogP contribution in [0, 0.1) is 13.8 Å². The maximum Gasteiger partial charge on any atom is 0.0493 e. The zero-order valence-electron chi connectivity index (χ0n) is 11.2. The van der Waals surface area contributed by atoms with Crippen molar-refractivity contribution in [3.8, 4) is 0 Å². The van der Waals surface area contributed by atoms with Crippen LogP contribution >= 0.6 is 11.6 Å². The van der Waals surface area contributed by atoms with Crippen molar-refractivity contribution in [1.29, 1.82) is 0 Å². The van der Waals surface area contributed by atoms with Crippen LogP contribution in [0.3, 0.4) is 0 Å². The van der Waals surface area contributed by atoms with Crippen molar-refractivity contribution in [3.63, 3.8) is 0 Å². The molecule has 1 heterocycles. The molecule has 96 valence electrons. The minimum atomic E-state index is 0.818. The standard InChI is InChI=1S/C17H16ClN/c1-12-7-8-15(16(18)9-12)11-19-13(2)10-14-5-3-4-6-17(14)19/h3-10H,11H2,1-2H3. The van der Waals surface area contributed by atoms with Gasteiger partial charge in [0.2, 0.25) is 0 Å². The van der Waals surface area contributed by atoms with Gasteiger partial charge in [-0.1, -0.05) is 41.9 Å². The molecule has 1 nitrogen and oxygen atoms in total. The van der Waals surface area contributed by atoms with Crippen molar-refractivity contribution in [1.82, 2.24) is 4.57 Å². The number of para-hydroxylation sites is 1. The van der Waals surface area contributed by atoms with Crippen molar-refractivity contribution in [2.45, 2.75) is 20.4 Å². The van der Waals surface area contributed by atoms with Gasteiger partial charge >= 0.3 is 0 Å². The van der Waals surface area contributed by atoms with Crippen molar-refractivity contribution < 1.29 is 0 Å². The molecule has 0 aliphatic rings. The zero-order chi connectivity index (χ0) is 13.4. The Kier molecular flexibility index (Phi) is 3.08. The van der Waals surface area contributed by atoms with Gasteiger partial charge in [-0.2, -0.15) is 0 Å². The van der Waals surface area contributed by atoms with Gasteiger partial charge < -0.3 is 4.57 Å². The Morgan fingerprint density at radius 3 is 2.58 bits per heavy atom. The van der Waals surface area contributed by atoms with Crippen molar-refractivity contribution in [2.24, 2.45) is 0 Å². The fourth-order valence-electron chi connectivity index (χ4n) is 2.51.